The fourth-order valence-corrected chi connectivity index (χ4v) is 2.32. The number of carboxylic acids is 2. The molecule has 4 nitrogen and oxygen atoms in total. The van der Waals surface area contributed by atoms with Gasteiger partial charge in [-0.25, -0.2) is 9.59 Å². The molecule has 0 radical (unpaired) electrons. The molecule has 0 saturated heterocycles. The minimum atomic E-state index is -0.799. The van der Waals surface area contributed by atoms with Gasteiger partial charge < -0.3 is 10.2 Å². The van der Waals surface area contributed by atoms with Crippen molar-refractivity contribution in [3.05, 3.63) is 0 Å². The van der Waals surface area contributed by atoms with E-state index >= 15 is 0 Å². The molecule has 0 heterocycles. The van der Waals surface area contributed by atoms with Gasteiger partial charge in [-0.05, 0) is 23.5 Å². The number of carbonyl (C=O) groups is 2. The third kappa shape index (κ3) is 25.3. The van der Waals surface area contributed by atoms with Crippen LogP contribution in [0.1, 0.15) is 0 Å². The summed E-state index contributed by atoms with van der Waals surface area (Å²) < 4.78 is 0. The SMILES string of the molecule is O=C(O)C[SH+]CC[SH+]CC(=O)O.[Cl][Pd][Cl]. The molecule has 9 heteroatoms. The summed E-state index contributed by atoms with van der Waals surface area (Å²) in [6.45, 7) is 0. The normalized spacial score (nSPS) is 9.20. The zero-order valence-electron chi connectivity index (χ0n) is 7.51. The Hall–Kier alpha value is 0.882. The minimum absolute atomic E-state index is 0.106. The predicted molar refractivity (Wildman–Crippen MR) is 64.0 cm³/mol. The molecular formula is C6H12Cl2O4PdS2+2. The van der Waals surface area contributed by atoms with Crippen molar-refractivity contribution in [3.8, 4) is 0 Å². The van der Waals surface area contributed by atoms with Crippen LogP contribution in [0.25, 0.3) is 0 Å². The molecule has 0 aliphatic heterocycles. The van der Waals surface area contributed by atoms with Crippen LogP contribution in [0.2, 0.25) is 0 Å². The van der Waals surface area contributed by atoms with Crippen molar-refractivity contribution in [2.45, 2.75) is 0 Å². The summed E-state index contributed by atoms with van der Waals surface area (Å²) in [5, 5.41) is 16.5. The molecular weight excluding hydrogens is 378 g/mol. The summed E-state index contributed by atoms with van der Waals surface area (Å²) in [5.41, 5.74) is 0. The van der Waals surface area contributed by atoms with Gasteiger partial charge >= 0.3 is 46.9 Å². The first-order valence-electron chi connectivity index (χ1n) is 3.57. The van der Waals surface area contributed by atoms with Crippen molar-refractivity contribution >= 4 is 54.5 Å². The molecule has 0 aliphatic carbocycles. The monoisotopic (exact) mass is 388 g/mol. The maximum atomic E-state index is 10.0. The zero-order valence-corrected chi connectivity index (χ0v) is 12.4. The van der Waals surface area contributed by atoms with Crippen molar-refractivity contribution in [2.24, 2.45) is 0 Å². The van der Waals surface area contributed by atoms with Gasteiger partial charge in [-0.1, -0.05) is 0 Å². The van der Waals surface area contributed by atoms with Gasteiger partial charge in [0.15, 0.2) is 11.5 Å². The molecule has 2 N–H and O–H groups in total. The molecule has 0 saturated carbocycles. The van der Waals surface area contributed by atoms with E-state index in [1.165, 1.54) is 0 Å². The summed E-state index contributed by atoms with van der Waals surface area (Å²) in [6, 6.07) is 0. The van der Waals surface area contributed by atoms with Gasteiger partial charge in [-0.2, -0.15) is 0 Å². The summed E-state index contributed by atoms with van der Waals surface area (Å²) in [7, 11) is 9.63. The van der Waals surface area contributed by atoms with Crippen LogP contribution in [0.5, 0.6) is 0 Å². The standard InChI is InChI=1S/C6H10O4S2.2ClH.Pd/c7-5(8)3-11-1-2-12-4-6(9)10;;;/h1-4H2,(H,7,8)(H,9,10);2*1H;/q;;;+2. The van der Waals surface area contributed by atoms with Crippen LogP contribution in [-0.2, 0) is 49.1 Å². The molecule has 94 valence electrons. The number of aliphatic carboxylic acids is 2. The van der Waals surface area contributed by atoms with E-state index in [4.69, 9.17) is 29.3 Å². The molecule has 0 amide bonds. The zero-order chi connectivity index (χ0) is 12.1. The Morgan fingerprint density at radius 1 is 1.00 bits per heavy atom. The maximum absolute atomic E-state index is 10.0. The van der Waals surface area contributed by atoms with Crippen LogP contribution in [-0.4, -0.2) is 45.2 Å². The first-order valence-corrected chi connectivity index (χ1v) is 10.1. The van der Waals surface area contributed by atoms with E-state index < -0.39 is 11.9 Å². The second-order valence-electron chi connectivity index (χ2n) is 2.04. The number of rotatable bonds is 7. The number of carboxylic acid groups (broad SMARTS) is 2. The van der Waals surface area contributed by atoms with Gasteiger partial charge in [0.1, 0.15) is 0 Å². The van der Waals surface area contributed by atoms with Gasteiger partial charge in [-0.15, -0.1) is 0 Å². The molecule has 0 bridgehead atoms. The van der Waals surface area contributed by atoms with Gasteiger partial charge in [-0.3, -0.25) is 0 Å². The first-order chi connectivity index (χ1) is 7.04. The Kier molecular flexibility index (Phi) is 18.1. The fraction of sp³-hybridized carbons (Fsp3) is 0.667. The molecule has 0 aromatic rings. The van der Waals surface area contributed by atoms with Crippen molar-refractivity contribution < 1.29 is 35.7 Å². The molecule has 0 atom stereocenters. The average molecular weight is 390 g/mol. The molecule has 0 fully saturated rings. The van der Waals surface area contributed by atoms with E-state index in [0.717, 1.165) is 35.0 Å². The van der Waals surface area contributed by atoms with Crippen molar-refractivity contribution in [3.63, 3.8) is 0 Å². The number of hydrogen-bond acceptors (Lipinski definition) is 2. The Morgan fingerprint density at radius 2 is 1.27 bits per heavy atom. The van der Waals surface area contributed by atoms with E-state index in [0.29, 0.717) is 0 Å². The summed E-state index contributed by atoms with van der Waals surface area (Å²) in [5.74, 6) is 0.242. The van der Waals surface area contributed by atoms with E-state index in [-0.39, 0.29) is 27.4 Å². The summed E-state index contributed by atoms with van der Waals surface area (Å²) in [6.07, 6.45) is 0. The van der Waals surface area contributed by atoms with E-state index in [1.807, 2.05) is 0 Å². The van der Waals surface area contributed by atoms with Gasteiger partial charge in [0.2, 0.25) is 11.5 Å². The Bertz CT molecular complexity index is 167. The molecule has 0 aromatic carbocycles. The molecule has 0 unspecified atom stereocenters. The second-order valence-corrected chi connectivity index (χ2v) is 6.82. The number of halogens is 2. The predicted octanol–water partition coefficient (Wildman–Crippen LogP) is 0.162. The molecule has 15 heavy (non-hydrogen) atoms. The van der Waals surface area contributed by atoms with Crippen molar-refractivity contribution in [2.75, 3.05) is 23.0 Å². The number of hydrogen-bond donors (Lipinski definition) is 2. The van der Waals surface area contributed by atoms with Crippen molar-refractivity contribution in [1.82, 2.24) is 0 Å². The van der Waals surface area contributed by atoms with Gasteiger partial charge in [0, 0.05) is 0 Å². The Morgan fingerprint density at radius 3 is 1.47 bits per heavy atom. The molecule has 0 aliphatic rings. The van der Waals surface area contributed by atoms with E-state index in [1.54, 1.807) is 0 Å². The molecule has 0 rings (SSSR count). The third-order valence-electron chi connectivity index (χ3n) is 0.910. The number of thiol groups is 2. The van der Waals surface area contributed by atoms with Gasteiger partial charge in [0.05, 0.1) is 0 Å². The second kappa shape index (κ2) is 14.9. The summed E-state index contributed by atoms with van der Waals surface area (Å²) in [4.78, 5) is 20.1. The van der Waals surface area contributed by atoms with Crippen LogP contribution in [0.15, 0.2) is 0 Å². The molecule has 0 spiro atoms. The average Bonchev–Trinajstić information content (AvgIpc) is 2.11. The van der Waals surface area contributed by atoms with Gasteiger partial charge in [0.25, 0.3) is 0 Å². The van der Waals surface area contributed by atoms with Crippen LogP contribution in [0.4, 0.5) is 0 Å². The van der Waals surface area contributed by atoms with Crippen LogP contribution < -0.4 is 0 Å². The molecule has 0 aromatic heterocycles. The van der Waals surface area contributed by atoms with Crippen LogP contribution in [0, 0.1) is 0 Å². The van der Waals surface area contributed by atoms with Crippen LogP contribution in [0.3, 0.4) is 0 Å². The topological polar surface area (TPSA) is 74.6 Å². The summed E-state index contributed by atoms with van der Waals surface area (Å²) >= 11 is 1.62. The Balaban J connectivity index is 0. The van der Waals surface area contributed by atoms with Crippen molar-refractivity contribution in [1.29, 1.82) is 0 Å². The van der Waals surface area contributed by atoms with E-state index in [2.05, 4.69) is 0 Å². The fourth-order valence-electron chi connectivity index (χ4n) is 0.491. The first kappa shape index (κ1) is 18.3. The van der Waals surface area contributed by atoms with Crippen LogP contribution >= 0.6 is 19.1 Å². The Labute approximate surface area is 113 Å². The quantitative estimate of drug-likeness (QED) is 0.282. The van der Waals surface area contributed by atoms with E-state index in [9.17, 15) is 9.59 Å². The third-order valence-corrected chi connectivity index (χ3v) is 3.33.